The Morgan fingerprint density at radius 2 is 1.68 bits per heavy atom. The Morgan fingerprint density at radius 3 is 2.14 bits per heavy atom. The highest BCUT2D eigenvalue weighted by molar-refractivity contribution is 5.68. The molecule has 1 fully saturated rings. The van der Waals surface area contributed by atoms with Gasteiger partial charge in [-0.15, -0.1) is 0 Å². The van der Waals surface area contributed by atoms with Gasteiger partial charge >= 0.3 is 6.09 Å². The highest BCUT2D eigenvalue weighted by Gasteiger charge is 2.26. The predicted octanol–water partition coefficient (Wildman–Crippen LogP) is 2.66. The van der Waals surface area contributed by atoms with Gasteiger partial charge in [0, 0.05) is 32.1 Å². The van der Waals surface area contributed by atoms with Crippen LogP contribution in [-0.4, -0.2) is 52.7 Å². The summed E-state index contributed by atoms with van der Waals surface area (Å²) < 4.78 is 5.40. The van der Waals surface area contributed by atoms with Gasteiger partial charge in [0.05, 0.1) is 18.1 Å². The van der Waals surface area contributed by atoms with Crippen molar-refractivity contribution in [3.05, 3.63) is 18.2 Å². The number of nitrogens with zero attached hydrogens (tertiary/aromatic N) is 4. The molecule has 1 aliphatic heterocycles. The number of rotatable bonds is 2. The Hall–Kier alpha value is -1.85. The van der Waals surface area contributed by atoms with E-state index in [1.807, 2.05) is 33.2 Å². The highest BCUT2D eigenvalue weighted by atomic mass is 16.6. The van der Waals surface area contributed by atoms with Crippen molar-refractivity contribution < 1.29 is 9.53 Å². The van der Waals surface area contributed by atoms with Gasteiger partial charge in [-0.3, -0.25) is 0 Å². The number of hydrogen-bond donors (Lipinski definition) is 0. The van der Waals surface area contributed by atoms with Crippen molar-refractivity contribution in [2.45, 2.75) is 46.1 Å². The van der Waals surface area contributed by atoms with Crippen molar-refractivity contribution in [1.82, 2.24) is 14.9 Å². The normalized spacial score (nSPS) is 16.1. The zero-order valence-corrected chi connectivity index (χ0v) is 14.2. The van der Waals surface area contributed by atoms with Crippen molar-refractivity contribution in [2.75, 3.05) is 31.1 Å². The van der Waals surface area contributed by atoms with Crippen LogP contribution in [0, 0.1) is 0 Å². The molecule has 0 N–H and O–H groups in total. The first-order chi connectivity index (χ1) is 10.3. The SMILES string of the molecule is CC(C)c1ncc(N2CCN(C(=O)OC(C)(C)C)CC2)cn1. The third kappa shape index (κ3) is 4.32. The van der Waals surface area contributed by atoms with Gasteiger partial charge in [0.15, 0.2) is 0 Å². The van der Waals surface area contributed by atoms with Crippen molar-refractivity contribution >= 4 is 11.8 Å². The van der Waals surface area contributed by atoms with Gasteiger partial charge in [-0.2, -0.15) is 0 Å². The molecule has 1 aromatic heterocycles. The number of ether oxygens (including phenoxy) is 1. The maximum absolute atomic E-state index is 12.0. The third-order valence-electron chi connectivity index (χ3n) is 3.47. The van der Waals surface area contributed by atoms with Crippen molar-refractivity contribution in [1.29, 1.82) is 0 Å². The van der Waals surface area contributed by atoms with Crippen LogP contribution >= 0.6 is 0 Å². The molecule has 0 saturated carbocycles. The maximum Gasteiger partial charge on any atom is 0.410 e. The molecule has 0 unspecified atom stereocenters. The molecule has 1 saturated heterocycles. The number of carbonyl (C=O) groups is 1. The number of hydrogen-bond acceptors (Lipinski definition) is 5. The number of anilines is 1. The van der Waals surface area contributed by atoms with Crippen molar-refractivity contribution in [3.63, 3.8) is 0 Å². The molecule has 22 heavy (non-hydrogen) atoms. The molecule has 1 amide bonds. The van der Waals surface area contributed by atoms with E-state index in [9.17, 15) is 4.79 Å². The second-order valence-corrected chi connectivity index (χ2v) is 6.91. The van der Waals surface area contributed by atoms with E-state index in [-0.39, 0.29) is 6.09 Å². The number of carbonyl (C=O) groups excluding carboxylic acids is 1. The average Bonchev–Trinajstić information content (AvgIpc) is 2.46. The highest BCUT2D eigenvalue weighted by Crippen LogP contribution is 2.18. The lowest BCUT2D eigenvalue weighted by Crippen LogP contribution is -2.50. The molecule has 0 aromatic carbocycles. The molecule has 0 atom stereocenters. The van der Waals surface area contributed by atoms with Crippen LogP contribution in [0.3, 0.4) is 0 Å². The van der Waals surface area contributed by atoms with Gasteiger partial charge in [0.25, 0.3) is 0 Å². The molecule has 6 nitrogen and oxygen atoms in total. The first-order valence-electron chi connectivity index (χ1n) is 7.81. The van der Waals surface area contributed by atoms with Gasteiger partial charge in [-0.05, 0) is 20.8 Å². The second kappa shape index (κ2) is 6.50. The average molecular weight is 306 g/mol. The minimum absolute atomic E-state index is 0.237. The summed E-state index contributed by atoms with van der Waals surface area (Å²) in [7, 11) is 0. The standard InChI is InChI=1S/C16H26N4O2/c1-12(2)14-17-10-13(11-18-14)19-6-8-20(9-7-19)15(21)22-16(3,4)5/h10-12H,6-9H2,1-5H3. The number of amides is 1. The van der Waals surface area contributed by atoms with Crippen molar-refractivity contribution in [2.24, 2.45) is 0 Å². The van der Waals surface area contributed by atoms with Crippen molar-refractivity contribution in [3.8, 4) is 0 Å². The molecule has 0 aliphatic carbocycles. The summed E-state index contributed by atoms with van der Waals surface area (Å²) in [6, 6.07) is 0. The van der Waals surface area contributed by atoms with E-state index in [1.165, 1.54) is 0 Å². The van der Waals surface area contributed by atoms with Crippen LogP contribution in [0.2, 0.25) is 0 Å². The van der Waals surface area contributed by atoms with Crippen LogP contribution < -0.4 is 4.90 Å². The van der Waals surface area contributed by atoms with Crippen LogP contribution in [0.25, 0.3) is 0 Å². The summed E-state index contributed by atoms with van der Waals surface area (Å²) in [6.07, 6.45) is 3.50. The zero-order chi connectivity index (χ0) is 16.3. The molecule has 1 aromatic rings. The quantitative estimate of drug-likeness (QED) is 0.840. The minimum Gasteiger partial charge on any atom is -0.444 e. The fourth-order valence-electron chi connectivity index (χ4n) is 2.27. The van der Waals surface area contributed by atoms with Crippen LogP contribution in [0.15, 0.2) is 12.4 Å². The van der Waals surface area contributed by atoms with E-state index < -0.39 is 5.60 Å². The van der Waals surface area contributed by atoms with E-state index in [0.717, 1.165) is 24.6 Å². The molecule has 0 radical (unpaired) electrons. The Kier molecular flexibility index (Phi) is 4.88. The third-order valence-corrected chi connectivity index (χ3v) is 3.47. The van der Waals surface area contributed by atoms with E-state index in [0.29, 0.717) is 19.0 Å². The summed E-state index contributed by atoms with van der Waals surface area (Å²) >= 11 is 0. The van der Waals surface area contributed by atoms with Gasteiger partial charge in [-0.25, -0.2) is 14.8 Å². The largest absolute Gasteiger partial charge is 0.444 e. The summed E-state index contributed by atoms with van der Waals surface area (Å²) in [6.45, 7) is 12.6. The molecule has 6 heteroatoms. The van der Waals surface area contributed by atoms with Gasteiger partial charge in [0.1, 0.15) is 11.4 Å². The minimum atomic E-state index is -0.450. The summed E-state index contributed by atoms with van der Waals surface area (Å²) in [4.78, 5) is 24.8. The fourth-order valence-corrected chi connectivity index (χ4v) is 2.27. The van der Waals surface area contributed by atoms with Crippen LogP contribution in [0.5, 0.6) is 0 Å². The summed E-state index contributed by atoms with van der Waals surface area (Å²) in [5, 5.41) is 0. The van der Waals surface area contributed by atoms with E-state index in [1.54, 1.807) is 4.90 Å². The lowest BCUT2D eigenvalue weighted by Gasteiger charge is -2.36. The molecular formula is C16H26N4O2. The molecular weight excluding hydrogens is 280 g/mol. The molecule has 2 heterocycles. The zero-order valence-electron chi connectivity index (χ0n) is 14.2. The second-order valence-electron chi connectivity index (χ2n) is 6.91. The molecule has 0 bridgehead atoms. The summed E-state index contributed by atoms with van der Waals surface area (Å²) in [5.74, 6) is 1.19. The van der Waals surface area contributed by atoms with E-state index in [4.69, 9.17) is 4.74 Å². The topological polar surface area (TPSA) is 58.6 Å². The molecule has 0 spiro atoms. The first-order valence-corrected chi connectivity index (χ1v) is 7.81. The first kappa shape index (κ1) is 16.5. The fraction of sp³-hybridized carbons (Fsp3) is 0.688. The van der Waals surface area contributed by atoms with Gasteiger partial charge in [0.2, 0.25) is 0 Å². The lowest BCUT2D eigenvalue weighted by molar-refractivity contribution is 0.0240. The lowest BCUT2D eigenvalue weighted by atomic mass is 10.2. The summed E-state index contributed by atoms with van der Waals surface area (Å²) in [5.41, 5.74) is 0.558. The molecule has 1 aliphatic rings. The Morgan fingerprint density at radius 1 is 1.14 bits per heavy atom. The Labute approximate surface area is 132 Å². The van der Waals surface area contributed by atoms with E-state index in [2.05, 4.69) is 28.7 Å². The van der Waals surface area contributed by atoms with Gasteiger partial charge in [-0.1, -0.05) is 13.8 Å². The van der Waals surface area contributed by atoms with E-state index >= 15 is 0 Å². The molecule has 122 valence electrons. The number of aromatic nitrogens is 2. The van der Waals surface area contributed by atoms with Gasteiger partial charge < -0.3 is 14.5 Å². The molecule has 2 rings (SSSR count). The maximum atomic E-state index is 12.0. The Bertz CT molecular complexity index is 500. The monoisotopic (exact) mass is 306 g/mol. The predicted molar refractivity (Wildman–Crippen MR) is 86.1 cm³/mol. The van der Waals surface area contributed by atoms with Crippen LogP contribution in [-0.2, 0) is 4.74 Å². The Balaban J connectivity index is 1.90. The smallest absolute Gasteiger partial charge is 0.410 e. The van der Waals surface area contributed by atoms with Crippen LogP contribution in [0.1, 0.15) is 46.4 Å². The van der Waals surface area contributed by atoms with Crippen LogP contribution in [0.4, 0.5) is 10.5 Å². The number of piperazine rings is 1.